The molecule has 0 aliphatic heterocycles. The Morgan fingerprint density at radius 2 is 2.00 bits per heavy atom. The third-order valence-corrected chi connectivity index (χ3v) is 2.95. The molecule has 0 aliphatic rings. The van der Waals surface area contributed by atoms with Crippen LogP contribution in [0.2, 0.25) is 0 Å². The van der Waals surface area contributed by atoms with Crippen LogP contribution in [-0.2, 0) is 0 Å². The molecule has 3 N–H and O–H groups in total. The number of nitrogens with one attached hydrogen (secondary N) is 1. The number of benzene rings is 1. The maximum atomic E-state index is 5.67. The van der Waals surface area contributed by atoms with E-state index in [9.17, 15) is 0 Å². The fourth-order valence-corrected chi connectivity index (χ4v) is 2.17. The first-order valence-corrected chi connectivity index (χ1v) is 6.02. The van der Waals surface area contributed by atoms with E-state index in [1.807, 2.05) is 12.3 Å². The zero-order valence-corrected chi connectivity index (χ0v) is 10.4. The minimum atomic E-state index is 0.161. The number of nitrogens with two attached hydrogens (primary N) is 1. The first-order valence-electron chi connectivity index (χ1n) is 6.02. The molecule has 0 radical (unpaired) electrons. The monoisotopic (exact) mass is 229 g/mol. The summed E-state index contributed by atoms with van der Waals surface area (Å²) in [4.78, 5) is 4.46. The second-order valence-electron chi connectivity index (χ2n) is 4.77. The third kappa shape index (κ3) is 2.62. The molecule has 0 aliphatic carbocycles. The van der Waals surface area contributed by atoms with Crippen molar-refractivity contribution in [3.63, 3.8) is 0 Å². The number of rotatable bonds is 4. The molecule has 0 fully saturated rings. The van der Waals surface area contributed by atoms with Gasteiger partial charge in [0, 0.05) is 17.6 Å². The van der Waals surface area contributed by atoms with Crippen molar-refractivity contribution in [1.82, 2.24) is 10.4 Å². The number of nitrogens with zero attached hydrogens (tertiary/aromatic N) is 1. The Labute approximate surface area is 102 Å². The summed E-state index contributed by atoms with van der Waals surface area (Å²) in [6.45, 7) is 4.39. The molecule has 0 bridgehead atoms. The summed E-state index contributed by atoms with van der Waals surface area (Å²) in [6.07, 6.45) is 2.83. The van der Waals surface area contributed by atoms with Crippen LogP contribution in [0.25, 0.3) is 10.9 Å². The summed E-state index contributed by atoms with van der Waals surface area (Å²) >= 11 is 0. The van der Waals surface area contributed by atoms with Gasteiger partial charge < -0.3 is 0 Å². The largest absolute Gasteiger partial charge is 0.271 e. The van der Waals surface area contributed by atoms with Crippen molar-refractivity contribution < 1.29 is 0 Å². The van der Waals surface area contributed by atoms with E-state index in [2.05, 4.69) is 48.5 Å². The molecule has 0 saturated heterocycles. The van der Waals surface area contributed by atoms with Crippen molar-refractivity contribution in [3.05, 3.63) is 42.1 Å². The van der Waals surface area contributed by atoms with Crippen molar-refractivity contribution in [1.29, 1.82) is 0 Å². The van der Waals surface area contributed by atoms with E-state index in [1.165, 1.54) is 5.56 Å². The number of hydrogen-bond acceptors (Lipinski definition) is 3. The van der Waals surface area contributed by atoms with Crippen molar-refractivity contribution >= 4 is 10.9 Å². The normalized spacial score (nSPS) is 13.2. The Morgan fingerprint density at radius 1 is 1.24 bits per heavy atom. The number of aromatic nitrogens is 1. The zero-order valence-electron chi connectivity index (χ0n) is 10.4. The van der Waals surface area contributed by atoms with Crippen molar-refractivity contribution in [2.45, 2.75) is 26.3 Å². The molecule has 1 aromatic carbocycles. The van der Waals surface area contributed by atoms with Gasteiger partial charge in [0.1, 0.15) is 0 Å². The van der Waals surface area contributed by atoms with Gasteiger partial charge in [0.2, 0.25) is 0 Å². The summed E-state index contributed by atoms with van der Waals surface area (Å²) in [5.41, 5.74) is 5.12. The van der Waals surface area contributed by atoms with Gasteiger partial charge >= 0.3 is 0 Å². The molecule has 17 heavy (non-hydrogen) atoms. The standard InChI is InChI=1S/C14H19N3/c1-10(2)9-13(17-15)12-7-3-5-11-6-4-8-16-14(11)12/h3-8,10,13,17H,9,15H2,1-2H3. The van der Waals surface area contributed by atoms with Crippen LogP contribution in [0.5, 0.6) is 0 Å². The molecule has 1 heterocycles. The fourth-order valence-electron chi connectivity index (χ4n) is 2.17. The lowest BCUT2D eigenvalue weighted by Crippen LogP contribution is -2.29. The maximum absolute atomic E-state index is 5.67. The van der Waals surface area contributed by atoms with E-state index in [-0.39, 0.29) is 6.04 Å². The average molecular weight is 229 g/mol. The summed E-state index contributed by atoms with van der Waals surface area (Å²) in [5.74, 6) is 6.26. The molecule has 90 valence electrons. The number of fused-ring (bicyclic) bond motifs is 1. The number of hydrazine groups is 1. The van der Waals surface area contributed by atoms with E-state index in [0.29, 0.717) is 5.92 Å². The molecule has 2 aromatic rings. The first-order chi connectivity index (χ1) is 8.22. The second-order valence-corrected chi connectivity index (χ2v) is 4.77. The fraction of sp³-hybridized carbons (Fsp3) is 0.357. The molecular weight excluding hydrogens is 210 g/mol. The number of hydrogen-bond donors (Lipinski definition) is 2. The van der Waals surface area contributed by atoms with Crippen LogP contribution in [0.15, 0.2) is 36.5 Å². The molecule has 2 rings (SSSR count). The maximum Gasteiger partial charge on any atom is 0.0750 e. The van der Waals surface area contributed by atoms with Crippen LogP contribution in [0.1, 0.15) is 31.9 Å². The van der Waals surface area contributed by atoms with Crippen LogP contribution >= 0.6 is 0 Å². The highest BCUT2D eigenvalue weighted by atomic mass is 15.2. The van der Waals surface area contributed by atoms with Crippen LogP contribution in [-0.4, -0.2) is 4.98 Å². The lowest BCUT2D eigenvalue weighted by molar-refractivity contribution is 0.440. The van der Waals surface area contributed by atoms with Gasteiger partial charge in [-0.3, -0.25) is 16.3 Å². The van der Waals surface area contributed by atoms with Crippen molar-refractivity contribution in [2.75, 3.05) is 0 Å². The van der Waals surface area contributed by atoms with Gasteiger partial charge in [0.15, 0.2) is 0 Å². The summed E-state index contributed by atoms with van der Waals surface area (Å²) in [6, 6.07) is 10.4. The van der Waals surface area contributed by atoms with Crippen LogP contribution in [0.4, 0.5) is 0 Å². The molecule has 1 unspecified atom stereocenters. The SMILES string of the molecule is CC(C)CC(NN)c1cccc2cccnc12. The van der Waals surface area contributed by atoms with Crippen LogP contribution in [0, 0.1) is 5.92 Å². The summed E-state index contributed by atoms with van der Waals surface area (Å²) in [5, 5.41) is 1.16. The topological polar surface area (TPSA) is 50.9 Å². The van der Waals surface area contributed by atoms with E-state index in [0.717, 1.165) is 17.3 Å². The lowest BCUT2D eigenvalue weighted by atomic mass is 9.95. The Bertz CT molecular complexity index is 488. The first kappa shape index (κ1) is 12.0. The van der Waals surface area contributed by atoms with Crippen LogP contribution < -0.4 is 11.3 Å². The molecule has 0 saturated carbocycles. The Balaban J connectivity index is 2.46. The van der Waals surface area contributed by atoms with Gasteiger partial charge in [-0.15, -0.1) is 0 Å². The molecule has 3 heteroatoms. The van der Waals surface area contributed by atoms with Gasteiger partial charge in [-0.25, -0.2) is 0 Å². The van der Waals surface area contributed by atoms with E-state index >= 15 is 0 Å². The smallest absolute Gasteiger partial charge is 0.0750 e. The zero-order chi connectivity index (χ0) is 12.3. The predicted molar refractivity (Wildman–Crippen MR) is 71.3 cm³/mol. The quantitative estimate of drug-likeness (QED) is 0.626. The van der Waals surface area contributed by atoms with E-state index in [4.69, 9.17) is 5.84 Å². The molecular formula is C14H19N3. The van der Waals surface area contributed by atoms with Crippen molar-refractivity contribution in [3.8, 4) is 0 Å². The predicted octanol–water partition coefficient (Wildman–Crippen LogP) is 2.79. The van der Waals surface area contributed by atoms with Gasteiger partial charge in [-0.05, 0) is 24.0 Å². The Hall–Kier alpha value is -1.45. The molecule has 1 atom stereocenters. The third-order valence-electron chi connectivity index (χ3n) is 2.95. The minimum absolute atomic E-state index is 0.161. The highest BCUT2D eigenvalue weighted by molar-refractivity contribution is 5.81. The summed E-state index contributed by atoms with van der Waals surface area (Å²) < 4.78 is 0. The van der Waals surface area contributed by atoms with Gasteiger partial charge in [0.05, 0.1) is 5.52 Å². The Kier molecular flexibility index (Phi) is 3.71. The van der Waals surface area contributed by atoms with Crippen molar-refractivity contribution in [2.24, 2.45) is 11.8 Å². The minimum Gasteiger partial charge on any atom is -0.271 e. The van der Waals surface area contributed by atoms with E-state index in [1.54, 1.807) is 0 Å². The Morgan fingerprint density at radius 3 is 2.71 bits per heavy atom. The van der Waals surface area contributed by atoms with Gasteiger partial charge in [-0.1, -0.05) is 38.1 Å². The molecule has 0 spiro atoms. The number of pyridine rings is 1. The second kappa shape index (κ2) is 5.25. The molecule has 1 aromatic heterocycles. The molecule has 3 nitrogen and oxygen atoms in total. The van der Waals surface area contributed by atoms with E-state index < -0.39 is 0 Å². The summed E-state index contributed by atoms with van der Waals surface area (Å²) in [7, 11) is 0. The van der Waals surface area contributed by atoms with Crippen LogP contribution in [0.3, 0.4) is 0 Å². The highest BCUT2D eigenvalue weighted by Crippen LogP contribution is 2.26. The lowest BCUT2D eigenvalue weighted by Gasteiger charge is -2.19. The van der Waals surface area contributed by atoms with Gasteiger partial charge in [-0.2, -0.15) is 0 Å². The number of para-hydroxylation sites is 1. The average Bonchev–Trinajstić information content (AvgIpc) is 2.35. The molecule has 0 amide bonds. The highest BCUT2D eigenvalue weighted by Gasteiger charge is 2.14. The van der Waals surface area contributed by atoms with Gasteiger partial charge in [0.25, 0.3) is 0 Å².